The average Bonchev–Trinajstić information content (AvgIpc) is 3.17. The van der Waals surface area contributed by atoms with E-state index in [0.717, 1.165) is 4.88 Å². The summed E-state index contributed by atoms with van der Waals surface area (Å²) in [5.74, 6) is -0.554. The van der Waals surface area contributed by atoms with Crippen LogP contribution in [0, 0.1) is 0 Å². The maximum absolute atomic E-state index is 12.3. The van der Waals surface area contributed by atoms with Crippen molar-refractivity contribution < 1.29 is 14.3 Å². The van der Waals surface area contributed by atoms with Crippen molar-refractivity contribution in [2.75, 3.05) is 7.11 Å². The maximum atomic E-state index is 12.3. The Morgan fingerprint density at radius 2 is 2.29 bits per heavy atom. The minimum absolute atomic E-state index is 0.106. The number of amides is 1. The van der Waals surface area contributed by atoms with Crippen LogP contribution in [0.25, 0.3) is 0 Å². The van der Waals surface area contributed by atoms with E-state index in [4.69, 9.17) is 0 Å². The lowest BCUT2D eigenvalue weighted by molar-refractivity contribution is -0.141. The molecular formula is C14H17N3O3S. The van der Waals surface area contributed by atoms with E-state index in [0.29, 0.717) is 0 Å². The van der Waals surface area contributed by atoms with E-state index in [9.17, 15) is 9.59 Å². The summed E-state index contributed by atoms with van der Waals surface area (Å²) in [7, 11) is 1.34. The van der Waals surface area contributed by atoms with E-state index < -0.39 is 6.04 Å². The van der Waals surface area contributed by atoms with Crippen molar-refractivity contribution in [3.63, 3.8) is 0 Å². The van der Waals surface area contributed by atoms with Crippen LogP contribution in [0.2, 0.25) is 0 Å². The molecule has 2 atom stereocenters. The molecule has 2 aromatic heterocycles. The molecule has 2 heterocycles. The number of rotatable bonds is 6. The van der Waals surface area contributed by atoms with Gasteiger partial charge in [0.15, 0.2) is 0 Å². The van der Waals surface area contributed by atoms with Gasteiger partial charge in [-0.25, -0.2) is 0 Å². The third-order valence-electron chi connectivity index (χ3n) is 3.10. The predicted molar refractivity (Wildman–Crippen MR) is 78.8 cm³/mol. The fourth-order valence-corrected chi connectivity index (χ4v) is 2.66. The fourth-order valence-electron chi connectivity index (χ4n) is 1.88. The zero-order valence-corrected chi connectivity index (χ0v) is 12.7. The highest BCUT2D eigenvalue weighted by atomic mass is 32.1. The van der Waals surface area contributed by atoms with Crippen LogP contribution in [0.1, 0.15) is 30.3 Å². The standard InChI is InChI=1S/C14H17N3O3S/c1-10(17-7-4-6-15-17)14(19)16-11(9-13(18)20-2)12-5-3-8-21-12/h3-8,10-11H,9H2,1-2H3,(H,16,19). The summed E-state index contributed by atoms with van der Waals surface area (Å²) in [5.41, 5.74) is 0. The molecule has 0 bridgehead atoms. The second-order valence-electron chi connectivity index (χ2n) is 4.52. The van der Waals surface area contributed by atoms with E-state index in [1.165, 1.54) is 18.4 Å². The van der Waals surface area contributed by atoms with E-state index in [1.54, 1.807) is 30.1 Å². The van der Waals surface area contributed by atoms with Crippen LogP contribution in [0.3, 0.4) is 0 Å². The molecule has 1 amide bonds. The molecule has 0 aliphatic carbocycles. The van der Waals surface area contributed by atoms with Gasteiger partial charge in [-0.1, -0.05) is 6.07 Å². The zero-order chi connectivity index (χ0) is 15.2. The normalized spacial score (nSPS) is 13.4. The highest BCUT2D eigenvalue weighted by Gasteiger charge is 2.23. The molecule has 2 aromatic rings. The van der Waals surface area contributed by atoms with E-state index >= 15 is 0 Å². The van der Waals surface area contributed by atoms with Crippen molar-refractivity contribution in [3.05, 3.63) is 40.8 Å². The summed E-state index contributed by atoms with van der Waals surface area (Å²) in [6.45, 7) is 1.76. The summed E-state index contributed by atoms with van der Waals surface area (Å²) < 4.78 is 6.26. The predicted octanol–water partition coefficient (Wildman–Crippen LogP) is 1.93. The largest absolute Gasteiger partial charge is 0.469 e. The Morgan fingerprint density at radius 3 is 2.86 bits per heavy atom. The molecule has 2 unspecified atom stereocenters. The van der Waals surface area contributed by atoms with Gasteiger partial charge < -0.3 is 10.1 Å². The number of thiophene rings is 1. The molecule has 0 spiro atoms. The van der Waals surface area contributed by atoms with Crippen LogP contribution in [0.15, 0.2) is 36.0 Å². The second kappa shape index (κ2) is 7.03. The summed E-state index contributed by atoms with van der Waals surface area (Å²) in [6.07, 6.45) is 3.45. The number of nitrogens with zero attached hydrogens (tertiary/aromatic N) is 2. The Bertz CT molecular complexity index is 581. The van der Waals surface area contributed by atoms with Gasteiger partial charge in [0.1, 0.15) is 6.04 Å². The van der Waals surface area contributed by atoms with Crippen molar-refractivity contribution in [1.82, 2.24) is 15.1 Å². The number of methoxy groups -OCH3 is 1. The van der Waals surface area contributed by atoms with Gasteiger partial charge in [-0.05, 0) is 24.4 Å². The van der Waals surface area contributed by atoms with Crippen LogP contribution in [-0.4, -0.2) is 28.8 Å². The molecular weight excluding hydrogens is 290 g/mol. The van der Waals surface area contributed by atoms with Crippen LogP contribution >= 0.6 is 11.3 Å². The number of esters is 1. The number of carbonyl (C=O) groups excluding carboxylic acids is 2. The van der Waals surface area contributed by atoms with Gasteiger partial charge in [-0.15, -0.1) is 11.3 Å². The molecule has 0 radical (unpaired) electrons. The van der Waals surface area contributed by atoms with Crippen LogP contribution in [0.4, 0.5) is 0 Å². The quantitative estimate of drug-likeness (QED) is 0.828. The number of hydrogen-bond donors (Lipinski definition) is 1. The minimum Gasteiger partial charge on any atom is -0.469 e. The third-order valence-corrected chi connectivity index (χ3v) is 4.09. The van der Waals surface area contributed by atoms with Gasteiger partial charge in [0.05, 0.1) is 19.6 Å². The van der Waals surface area contributed by atoms with Crippen LogP contribution in [-0.2, 0) is 14.3 Å². The van der Waals surface area contributed by atoms with Crippen molar-refractivity contribution >= 4 is 23.2 Å². The fraction of sp³-hybridized carbons (Fsp3) is 0.357. The molecule has 7 heteroatoms. The van der Waals surface area contributed by atoms with Gasteiger partial charge in [-0.3, -0.25) is 14.3 Å². The number of hydrogen-bond acceptors (Lipinski definition) is 5. The number of aromatic nitrogens is 2. The Balaban J connectivity index is 2.07. The number of ether oxygens (including phenoxy) is 1. The Hall–Kier alpha value is -2.15. The van der Waals surface area contributed by atoms with Gasteiger partial charge in [0.2, 0.25) is 5.91 Å². The lowest BCUT2D eigenvalue weighted by Gasteiger charge is -2.19. The average molecular weight is 307 g/mol. The number of carbonyl (C=O) groups is 2. The van der Waals surface area contributed by atoms with Crippen molar-refractivity contribution in [3.8, 4) is 0 Å². The molecule has 6 nitrogen and oxygen atoms in total. The second-order valence-corrected chi connectivity index (χ2v) is 5.50. The Labute approximate surface area is 126 Å². The minimum atomic E-state index is -0.444. The van der Waals surface area contributed by atoms with Gasteiger partial charge in [0, 0.05) is 17.3 Å². The first kappa shape index (κ1) is 15.2. The zero-order valence-electron chi connectivity index (χ0n) is 11.9. The van der Waals surface area contributed by atoms with E-state index in [2.05, 4.69) is 15.2 Å². The molecule has 2 rings (SSSR count). The molecule has 0 aliphatic heterocycles. The maximum Gasteiger partial charge on any atom is 0.307 e. The molecule has 0 aliphatic rings. The molecule has 0 saturated carbocycles. The number of nitrogens with one attached hydrogen (secondary N) is 1. The van der Waals surface area contributed by atoms with Gasteiger partial charge in [-0.2, -0.15) is 5.10 Å². The van der Waals surface area contributed by atoms with Gasteiger partial charge >= 0.3 is 5.97 Å². The summed E-state index contributed by atoms with van der Waals surface area (Å²) in [6, 6.07) is 4.70. The first-order valence-electron chi connectivity index (χ1n) is 6.51. The van der Waals surface area contributed by atoms with Gasteiger partial charge in [0.25, 0.3) is 0 Å². The lowest BCUT2D eigenvalue weighted by atomic mass is 10.1. The summed E-state index contributed by atoms with van der Waals surface area (Å²) in [4.78, 5) is 24.7. The van der Waals surface area contributed by atoms with Crippen LogP contribution < -0.4 is 5.32 Å². The lowest BCUT2D eigenvalue weighted by Crippen LogP contribution is -2.35. The molecule has 21 heavy (non-hydrogen) atoms. The molecule has 1 N–H and O–H groups in total. The van der Waals surface area contributed by atoms with E-state index in [-0.39, 0.29) is 24.3 Å². The van der Waals surface area contributed by atoms with Crippen molar-refractivity contribution in [2.45, 2.75) is 25.4 Å². The molecule has 0 aromatic carbocycles. The first-order valence-corrected chi connectivity index (χ1v) is 7.39. The SMILES string of the molecule is COC(=O)CC(NC(=O)C(C)n1cccn1)c1cccs1. The Morgan fingerprint density at radius 1 is 1.48 bits per heavy atom. The van der Waals surface area contributed by atoms with E-state index in [1.807, 2.05) is 17.5 Å². The molecule has 0 saturated heterocycles. The molecule has 112 valence electrons. The first-order chi connectivity index (χ1) is 10.1. The smallest absolute Gasteiger partial charge is 0.307 e. The monoisotopic (exact) mass is 307 g/mol. The van der Waals surface area contributed by atoms with Crippen molar-refractivity contribution in [2.24, 2.45) is 0 Å². The highest BCUT2D eigenvalue weighted by molar-refractivity contribution is 7.10. The third kappa shape index (κ3) is 3.91. The summed E-state index contributed by atoms with van der Waals surface area (Å²) >= 11 is 1.49. The van der Waals surface area contributed by atoms with Crippen LogP contribution in [0.5, 0.6) is 0 Å². The van der Waals surface area contributed by atoms with Crippen molar-refractivity contribution in [1.29, 1.82) is 0 Å². The Kier molecular flexibility index (Phi) is 5.10. The summed E-state index contributed by atoms with van der Waals surface area (Å²) in [5, 5.41) is 8.84. The molecule has 0 fully saturated rings. The highest BCUT2D eigenvalue weighted by Crippen LogP contribution is 2.23. The topological polar surface area (TPSA) is 73.2 Å².